The maximum Gasteiger partial charge on any atom is 0.161 e. The van der Waals surface area contributed by atoms with Gasteiger partial charge in [0.1, 0.15) is 6.61 Å². The van der Waals surface area contributed by atoms with Crippen LogP contribution in [0.2, 0.25) is 0 Å². The molecule has 0 saturated heterocycles. The van der Waals surface area contributed by atoms with E-state index in [9.17, 15) is 9.90 Å². The standard InChI is InChI=1S/C18H18O4/c1-2-21-17-12-14(9-11-18(19)20)8-10-16(17)22-13-15-6-4-3-5-7-15/h3-12H,2,13H2,1H3,(H,19,20)/p-1/b11-9+. The minimum atomic E-state index is -1.23. The lowest BCUT2D eigenvalue weighted by atomic mass is 10.2. The van der Waals surface area contributed by atoms with Gasteiger partial charge in [-0.05, 0) is 36.3 Å². The van der Waals surface area contributed by atoms with Gasteiger partial charge in [-0.2, -0.15) is 0 Å². The first kappa shape index (κ1) is 15.6. The van der Waals surface area contributed by atoms with E-state index in [-0.39, 0.29) is 0 Å². The lowest BCUT2D eigenvalue weighted by Gasteiger charge is -2.12. The van der Waals surface area contributed by atoms with Crippen molar-refractivity contribution >= 4 is 12.0 Å². The maximum absolute atomic E-state index is 10.5. The molecule has 0 N–H and O–H groups in total. The number of benzene rings is 2. The van der Waals surface area contributed by atoms with Gasteiger partial charge in [0.05, 0.1) is 12.6 Å². The molecule has 0 atom stereocenters. The van der Waals surface area contributed by atoms with E-state index in [0.717, 1.165) is 11.6 Å². The summed E-state index contributed by atoms with van der Waals surface area (Å²) in [6, 6.07) is 15.1. The van der Waals surface area contributed by atoms with Crippen molar-refractivity contribution in [2.24, 2.45) is 0 Å². The molecule has 0 saturated carbocycles. The molecule has 0 aliphatic carbocycles. The van der Waals surface area contributed by atoms with Gasteiger partial charge in [0, 0.05) is 0 Å². The van der Waals surface area contributed by atoms with Crippen molar-refractivity contribution in [2.75, 3.05) is 6.61 Å². The zero-order valence-corrected chi connectivity index (χ0v) is 12.3. The van der Waals surface area contributed by atoms with Crippen LogP contribution < -0.4 is 14.6 Å². The number of carboxylic acid groups (broad SMARTS) is 1. The molecule has 0 fully saturated rings. The summed E-state index contributed by atoms with van der Waals surface area (Å²) in [7, 11) is 0. The van der Waals surface area contributed by atoms with Crippen molar-refractivity contribution in [3.63, 3.8) is 0 Å². The largest absolute Gasteiger partial charge is 0.545 e. The summed E-state index contributed by atoms with van der Waals surface area (Å²) < 4.78 is 11.3. The quantitative estimate of drug-likeness (QED) is 0.736. The first-order chi connectivity index (χ1) is 10.7. The first-order valence-electron chi connectivity index (χ1n) is 7.01. The SMILES string of the molecule is CCOc1cc(/C=C/C(=O)[O-])ccc1OCc1ccccc1. The highest BCUT2D eigenvalue weighted by molar-refractivity contribution is 5.83. The van der Waals surface area contributed by atoms with Crippen LogP contribution in [-0.4, -0.2) is 12.6 Å². The molecular weight excluding hydrogens is 280 g/mol. The Bertz CT molecular complexity index is 647. The molecule has 4 nitrogen and oxygen atoms in total. The molecular formula is C18H17O4-. The van der Waals surface area contributed by atoms with Crippen LogP contribution in [0.1, 0.15) is 18.1 Å². The molecule has 22 heavy (non-hydrogen) atoms. The Kier molecular flexibility index (Phi) is 5.60. The van der Waals surface area contributed by atoms with Crippen LogP contribution in [0.15, 0.2) is 54.6 Å². The van der Waals surface area contributed by atoms with Gasteiger partial charge in [-0.3, -0.25) is 0 Å². The third-order valence-electron chi connectivity index (χ3n) is 2.92. The highest BCUT2D eigenvalue weighted by Crippen LogP contribution is 2.29. The van der Waals surface area contributed by atoms with E-state index >= 15 is 0 Å². The Balaban J connectivity index is 2.14. The third-order valence-corrected chi connectivity index (χ3v) is 2.92. The van der Waals surface area contributed by atoms with Gasteiger partial charge in [-0.15, -0.1) is 0 Å². The second-order valence-electron chi connectivity index (χ2n) is 4.57. The second kappa shape index (κ2) is 7.88. The summed E-state index contributed by atoms with van der Waals surface area (Å²) in [6.07, 6.45) is 2.44. The molecule has 0 bridgehead atoms. The first-order valence-corrected chi connectivity index (χ1v) is 7.01. The Labute approximate surface area is 129 Å². The number of hydrogen-bond acceptors (Lipinski definition) is 4. The summed E-state index contributed by atoms with van der Waals surface area (Å²) in [5.41, 5.74) is 1.77. The lowest BCUT2D eigenvalue weighted by Crippen LogP contribution is -2.18. The topological polar surface area (TPSA) is 58.6 Å². The van der Waals surface area contributed by atoms with E-state index in [4.69, 9.17) is 9.47 Å². The van der Waals surface area contributed by atoms with Crippen molar-refractivity contribution in [3.8, 4) is 11.5 Å². The van der Waals surface area contributed by atoms with Gasteiger partial charge < -0.3 is 19.4 Å². The van der Waals surface area contributed by atoms with Crippen molar-refractivity contribution in [3.05, 3.63) is 65.7 Å². The molecule has 0 aliphatic rings. The fourth-order valence-electron chi connectivity index (χ4n) is 1.92. The van der Waals surface area contributed by atoms with Crippen molar-refractivity contribution in [2.45, 2.75) is 13.5 Å². The Morgan fingerprint density at radius 3 is 2.55 bits per heavy atom. The highest BCUT2D eigenvalue weighted by Gasteiger charge is 2.06. The van der Waals surface area contributed by atoms with E-state index in [1.807, 2.05) is 37.3 Å². The van der Waals surface area contributed by atoms with E-state index < -0.39 is 5.97 Å². The monoisotopic (exact) mass is 297 g/mol. The van der Waals surface area contributed by atoms with Crippen molar-refractivity contribution < 1.29 is 19.4 Å². The van der Waals surface area contributed by atoms with Gasteiger partial charge in [0.25, 0.3) is 0 Å². The fourth-order valence-corrected chi connectivity index (χ4v) is 1.92. The number of carbonyl (C=O) groups is 1. The molecule has 0 aromatic heterocycles. The zero-order chi connectivity index (χ0) is 15.8. The Hall–Kier alpha value is -2.75. The molecule has 0 heterocycles. The average molecular weight is 297 g/mol. The number of hydrogen-bond donors (Lipinski definition) is 0. The van der Waals surface area contributed by atoms with Gasteiger partial charge in [-0.25, -0.2) is 0 Å². The number of aliphatic carboxylic acids is 1. The molecule has 2 aromatic rings. The summed E-state index contributed by atoms with van der Waals surface area (Å²) in [5.74, 6) is -0.0300. The molecule has 2 aromatic carbocycles. The van der Waals surface area contributed by atoms with Gasteiger partial charge in [0.15, 0.2) is 11.5 Å². The van der Waals surface area contributed by atoms with Gasteiger partial charge in [0.2, 0.25) is 0 Å². The molecule has 0 radical (unpaired) electrons. The number of carboxylic acids is 1. The van der Waals surface area contributed by atoms with Crippen molar-refractivity contribution in [1.29, 1.82) is 0 Å². The van der Waals surface area contributed by atoms with Crippen LogP contribution in [0.5, 0.6) is 11.5 Å². The lowest BCUT2D eigenvalue weighted by molar-refractivity contribution is -0.297. The summed E-state index contributed by atoms with van der Waals surface area (Å²) >= 11 is 0. The number of ether oxygens (including phenoxy) is 2. The van der Waals surface area contributed by atoms with E-state index in [0.29, 0.717) is 30.3 Å². The molecule has 0 spiro atoms. The van der Waals surface area contributed by atoms with E-state index in [2.05, 4.69) is 0 Å². The minimum absolute atomic E-state index is 0.440. The molecule has 0 unspecified atom stereocenters. The predicted molar refractivity (Wildman–Crippen MR) is 82.4 cm³/mol. The van der Waals surface area contributed by atoms with Gasteiger partial charge in [-0.1, -0.05) is 42.5 Å². The Morgan fingerprint density at radius 1 is 1.09 bits per heavy atom. The summed E-state index contributed by atoms with van der Waals surface area (Å²) in [4.78, 5) is 10.5. The Morgan fingerprint density at radius 2 is 1.86 bits per heavy atom. The molecule has 114 valence electrons. The van der Waals surface area contributed by atoms with Crippen molar-refractivity contribution in [1.82, 2.24) is 0 Å². The molecule has 2 rings (SSSR count). The maximum atomic E-state index is 10.5. The number of rotatable bonds is 7. The highest BCUT2D eigenvalue weighted by atomic mass is 16.5. The summed E-state index contributed by atoms with van der Waals surface area (Å²) in [6.45, 7) is 2.81. The van der Waals surface area contributed by atoms with Crippen LogP contribution in [-0.2, 0) is 11.4 Å². The van der Waals surface area contributed by atoms with Crippen LogP contribution in [0, 0.1) is 0 Å². The second-order valence-corrected chi connectivity index (χ2v) is 4.57. The predicted octanol–water partition coefficient (Wildman–Crippen LogP) is 2.43. The third kappa shape index (κ3) is 4.66. The molecule has 0 amide bonds. The van der Waals surface area contributed by atoms with Gasteiger partial charge >= 0.3 is 0 Å². The normalized spacial score (nSPS) is 10.6. The van der Waals surface area contributed by atoms with E-state index in [1.54, 1.807) is 18.2 Å². The fraction of sp³-hybridized carbons (Fsp3) is 0.167. The molecule has 4 heteroatoms. The molecule has 0 aliphatic heterocycles. The number of carbonyl (C=O) groups excluding carboxylic acids is 1. The average Bonchev–Trinajstić information content (AvgIpc) is 2.53. The minimum Gasteiger partial charge on any atom is -0.545 e. The summed E-state index contributed by atoms with van der Waals surface area (Å²) in [5, 5.41) is 10.5. The van der Waals surface area contributed by atoms with E-state index in [1.165, 1.54) is 6.08 Å². The van der Waals surface area contributed by atoms with Crippen LogP contribution in [0.3, 0.4) is 0 Å². The van der Waals surface area contributed by atoms with Crippen LogP contribution >= 0.6 is 0 Å². The van der Waals surface area contributed by atoms with Crippen LogP contribution in [0.25, 0.3) is 6.08 Å². The van der Waals surface area contributed by atoms with Crippen LogP contribution in [0.4, 0.5) is 0 Å². The smallest absolute Gasteiger partial charge is 0.161 e. The zero-order valence-electron chi connectivity index (χ0n) is 12.3.